The number of benzene rings is 1. The van der Waals surface area contributed by atoms with Crippen molar-refractivity contribution < 1.29 is 4.79 Å². The minimum atomic E-state index is -0.0315. The first-order chi connectivity index (χ1) is 7.75. The SMILES string of the molecule is O=C1NCCCN2c3ccc(Cl)cc3CC12. The average molecular weight is 237 g/mol. The molecular weight excluding hydrogens is 224 g/mol. The molecule has 0 aliphatic carbocycles. The third kappa shape index (κ3) is 1.47. The molecule has 4 heteroatoms. The number of amides is 1. The molecule has 1 aromatic carbocycles. The molecule has 0 bridgehead atoms. The number of hydrogen-bond donors (Lipinski definition) is 1. The molecule has 1 unspecified atom stereocenters. The van der Waals surface area contributed by atoms with Gasteiger partial charge in [0.2, 0.25) is 5.91 Å². The number of fused-ring (bicyclic) bond motifs is 3. The fraction of sp³-hybridized carbons (Fsp3) is 0.417. The summed E-state index contributed by atoms with van der Waals surface area (Å²) in [4.78, 5) is 14.1. The summed E-state index contributed by atoms with van der Waals surface area (Å²) >= 11 is 5.97. The van der Waals surface area contributed by atoms with Crippen LogP contribution in [0.1, 0.15) is 12.0 Å². The van der Waals surface area contributed by atoms with Crippen molar-refractivity contribution in [3.05, 3.63) is 28.8 Å². The fourth-order valence-corrected chi connectivity index (χ4v) is 2.77. The second-order valence-electron chi connectivity index (χ2n) is 4.33. The lowest BCUT2D eigenvalue weighted by Crippen LogP contribution is -2.42. The van der Waals surface area contributed by atoms with Gasteiger partial charge in [-0.1, -0.05) is 11.6 Å². The number of hydrogen-bond acceptors (Lipinski definition) is 2. The highest BCUT2D eigenvalue weighted by Crippen LogP contribution is 2.34. The zero-order valence-electron chi connectivity index (χ0n) is 8.87. The molecule has 1 saturated heterocycles. The molecular formula is C12H13ClN2O. The van der Waals surface area contributed by atoms with E-state index in [0.29, 0.717) is 0 Å². The van der Waals surface area contributed by atoms with E-state index in [9.17, 15) is 4.79 Å². The monoisotopic (exact) mass is 236 g/mol. The predicted molar refractivity (Wildman–Crippen MR) is 63.9 cm³/mol. The highest BCUT2D eigenvalue weighted by atomic mass is 35.5. The van der Waals surface area contributed by atoms with E-state index < -0.39 is 0 Å². The second-order valence-corrected chi connectivity index (χ2v) is 4.77. The number of carbonyl (C=O) groups is 1. The largest absolute Gasteiger partial charge is 0.359 e. The number of nitrogens with one attached hydrogen (secondary N) is 1. The van der Waals surface area contributed by atoms with Gasteiger partial charge in [-0.15, -0.1) is 0 Å². The first-order valence-electron chi connectivity index (χ1n) is 5.58. The van der Waals surface area contributed by atoms with Crippen LogP contribution in [-0.4, -0.2) is 25.0 Å². The first-order valence-corrected chi connectivity index (χ1v) is 5.96. The van der Waals surface area contributed by atoms with Gasteiger partial charge in [-0.2, -0.15) is 0 Å². The molecule has 2 heterocycles. The fourth-order valence-electron chi connectivity index (χ4n) is 2.57. The van der Waals surface area contributed by atoms with E-state index in [0.717, 1.165) is 31.0 Å². The van der Waals surface area contributed by atoms with Crippen molar-refractivity contribution in [1.82, 2.24) is 5.32 Å². The van der Waals surface area contributed by atoms with Crippen LogP contribution in [0.15, 0.2) is 18.2 Å². The Morgan fingerprint density at radius 3 is 3.19 bits per heavy atom. The van der Waals surface area contributed by atoms with Crippen molar-refractivity contribution in [3.8, 4) is 0 Å². The maximum Gasteiger partial charge on any atom is 0.243 e. The topological polar surface area (TPSA) is 32.3 Å². The van der Waals surface area contributed by atoms with Crippen molar-refractivity contribution in [2.75, 3.05) is 18.0 Å². The van der Waals surface area contributed by atoms with Crippen molar-refractivity contribution >= 4 is 23.2 Å². The minimum Gasteiger partial charge on any atom is -0.359 e. The minimum absolute atomic E-state index is 0.0315. The number of halogens is 1. The van der Waals surface area contributed by atoms with Crippen molar-refractivity contribution in [1.29, 1.82) is 0 Å². The van der Waals surface area contributed by atoms with Gasteiger partial charge in [0.15, 0.2) is 0 Å². The van der Waals surface area contributed by atoms with Crippen molar-refractivity contribution in [2.24, 2.45) is 0 Å². The molecule has 3 rings (SSSR count). The lowest BCUT2D eigenvalue weighted by atomic mass is 10.1. The Morgan fingerprint density at radius 1 is 1.44 bits per heavy atom. The smallest absolute Gasteiger partial charge is 0.243 e. The van der Waals surface area contributed by atoms with E-state index >= 15 is 0 Å². The van der Waals surface area contributed by atoms with Crippen LogP contribution >= 0.6 is 11.6 Å². The lowest BCUT2D eigenvalue weighted by molar-refractivity contribution is -0.121. The Bertz CT molecular complexity index is 447. The van der Waals surface area contributed by atoms with E-state index in [-0.39, 0.29) is 11.9 Å². The van der Waals surface area contributed by atoms with E-state index in [1.54, 1.807) is 0 Å². The summed E-state index contributed by atoms with van der Waals surface area (Å²) in [5.41, 5.74) is 2.36. The number of rotatable bonds is 0. The summed E-state index contributed by atoms with van der Waals surface area (Å²) in [6.45, 7) is 1.73. The summed E-state index contributed by atoms with van der Waals surface area (Å²) < 4.78 is 0. The molecule has 1 fully saturated rings. The lowest BCUT2D eigenvalue weighted by Gasteiger charge is -2.23. The van der Waals surface area contributed by atoms with Crippen LogP contribution in [0.5, 0.6) is 0 Å². The van der Waals surface area contributed by atoms with Gasteiger partial charge >= 0.3 is 0 Å². The Morgan fingerprint density at radius 2 is 2.31 bits per heavy atom. The van der Waals surface area contributed by atoms with Crippen molar-refractivity contribution in [3.63, 3.8) is 0 Å². The quantitative estimate of drug-likeness (QED) is 0.742. The van der Waals surface area contributed by atoms with Gasteiger partial charge in [0.1, 0.15) is 6.04 Å². The van der Waals surface area contributed by atoms with E-state index in [1.807, 2.05) is 18.2 Å². The van der Waals surface area contributed by atoms with Gasteiger partial charge < -0.3 is 10.2 Å². The van der Waals surface area contributed by atoms with Crippen LogP contribution in [0.2, 0.25) is 5.02 Å². The highest BCUT2D eigenvalue weighted by molar-refractivity contribution is 6.30. The Hall–Kier alpha value is -1.22. The average Bonchev–Trinajstić information content (AvgIpc) is 2.52. The summed E-state index contributed by atoms with van der Waals surface area (Å²) in [6.07, 6.45) is 1.78. The Kier molecular flexibility index (Phi) is 2.28. The van der Waals surface area contributed by atoms with E-state index in [4.69, 9.17) is 11.6 Å². The molecule has 3 nitrogen and oxygen atoms in total. The molecule has 0 saturated carbocycles. The molecule has 1 atom stereocenters. The molecule has 0 aromatic heterocycles. The molecule has 0 radical (unpaired) electrons. The van der Waals surface area contributed by atoms with Crippen LogP contribution in [0.25, 0.3) is 0 Å². The summed E-state index contributed by atoms with van der Waals surface area (Å²) in [7, 11) is 0. The maximum absolute atomic E-state index is 11.9. The zero-order valence-corrected chi connectivity index (χ0v) is 9.63. The predicted octanol–water partition coefficient (Wildman–Crippen LogP) is 1.59. The van der Waals surface area contributed by atoms with Gasteiger partial charge in [-0.3, -0.25) is 4.79 Å². The third-order valence-electron chi connectivity index (χ3n) is 3.32. The number of nitrogens with zero attached hydrogens (tertiary/aromatic N) is 1. The van der Waals surface area contributed by atoms with Gasteiger partial charge in [0.05, 0.1) is 0 Å². The van der Waals surface area contributed by atoms with Crippen LogP contribution in [-0.2, 0) is 11.2 Å². The van der Waals surface area contributed by atoms with Gasteiger partial charge in [0.25, 0.3) is 0 Å². The molecule has 84 valence electrons. The maximum atomic E-state index is 11.9. The molecule has 2 aliphatic heterocycles. The van der Waals surface area contributed by atoms with Crippen LogP contribution < -0.4 is 10.2 Å². The molecule has 1 amide bonds. The van der Waals surface area contributed by atoms with Crippen LogP contribution in [0, 0.1) is 0 Å². The van der Waals surface area contributed by atoms with Gasteiger partial charge in [0, 0.05) is 30.2 Å². The third-order valence-corrected chi connectivity index (χ3v) is 3.55. The van der Waals surface area contributed by atoms with Gasteiger partial charge in [-0.25, -0.2) is 0 Å². The van der Waals surface area contributed by atoms with Crippen LogP contribution in [0.4, 0.5) is 5.69 Å². The Labute approximate surface area is 99.4 Å². The highest BCUT2D eigenvalue weighted by Gasteiger charge is 2.35. The second kappa shape index (κ2) is 3.67. The van der Waals surface area contributed by atoms with E-state index in [1.165, 1.54) is 11.3 Å². The number of carbonyl (C=O) groups excluding carboxylic acids is 1. The summed E-state index contributed by atoms with van der Waals surface area (Å²) in [5, 5.41) is 3.70. The number of anilines is 1. The summed E-state index contributed by atoms with van der Waals surface area (Å²) in [6, 6.07) is 5.86. The molecule has 0 spiro atoms. The summed E-state index contributed by atoms with van der Waals surface area (Å²) in [5.74, 6) is 0.143. The normalized spacial score (nSPS) is 23.4. The molecule has 16 heavy (non-hydrogen) atoms. The van der Waals surface area contributed by atoms with Crippen molar-refractivity contribution in [2.45, 2.75) is 18.9 Å². The molecule has 1 N–H and O–H groups in total. The first kappa shape index (κ1) is 9.97. The standard InChI is InChI=1S/C12H13ClN2O/c13-9-2-3-10-8(6-9)7-11-12(16)14-4-1-5-15(10)11/h2-3,6,11H,1,4-5,7H2,(H,14,16). The van der Waals surface area contributed by atoms with E-state index in [2.05, 4.69) is 10.2 Å². The van der Waals surface area contributed by atoms with Crippen LogP contribution in [0.3, 0.4) is 0 Å². The molecule has 1 aromatic rings. The zero-order chi connectivity index (χ0) is 11.1. The Balaban J connectivity index is 2.01. The molecule has 2 aliphatic rings. The van der Waals surface area contributed by atoms with Gasteiger partial charge in [-0.05, 0) is 30.2 Å².